The molecule has 0 saturated carbocycles. The Morgan fingerprint density at radius 2 is 0.796 bits per heavy atom. The molecule has 23 nitrogen and oxygen atoms in total. The minimum atomic E-state index is -1.06. The highest BCUT2D eigenvalue weighted by Gasteiger charge is 2.32. The van der Waals surface area contributed by atoms with Gasteiger partial charge < -0.3 is 78.3 Å². The number of piperidine rings is 1. The fourth-order valence-corrected chi connectivity index (χ4v) is 12.8. The predicted octanol–water partition coefficient (Wildman–Crippen LogP) is 18.2. The smallest absolute Gasteiger partial charge is 0.444 e. The van der Waals surface area contributed by atoms with Crippen molar-refractivity contribution in [3.63, 3.8) is 0 Å². The summed E-state index contributed by atoms with van der Waals surface area (Å²) >= 11 is 0. The monoisotopic (exact) mass is 1620 g/mol. The number of likely N-dealkylation sites (tertiary alicyclic amines) is 1. The summed E-state index contributed by atoms with van der Waals surface area (Å²) in [5.74, 6) is 4.12. The molecule has 1 fully saturated rings. The second-order valence-electron chi connectivity index (χ2n) is 32.2. The van der Waals surface area contributed by atoms with Gasteiger partial charge in [0.15, 0.2) is 5.78 Å². The number of hydrogen-bond donors (Lipinski definition) is 6. The number of hydrogen-bond acceptors (Lipinski definition) is 16. The van der Waals surface area contributed by atoms with Gasteiger partial charge in [0, 0.05) is 125 Å². The van der Waals surface area contributed by atoms with Crippen LogP contribution in [0.2, 0.25) is 0 Å². The van der Waals surface area contributed by atoms with E-state index in [1.165, 1.54) is 63.8 Å². The first-order valence-corrected chi connectivity index (χ1v) is 36.7. The van der Waals surface area contributed by atoms with Gasteiger partial charge in [-0.3, -0.25) is 10.6 Å². The van der Waals surface area contributed by atoms with Gasteiger partial charge in [-0.2, -0.15) is 0 Å². The van der Waals surface area contributed by atoms with E-state index in [4.69, 9.17) is 29.5 Å². The van der Waals surface area contributed by atoms with Gasteiger partial charge in [0.2, 0.25) is 0 Å². The molecule has 9 aromatic rings. The lowest BCUT2D eigenvalue weighted by Gasteiger charge is -2.30. The number of aromatic nitrogens is 4. The van der Waals surface area contributed by atoms with Crippen LogP contribution in [0.5, 0.6) is 0 Å². The fourth-order valence-electron chi connectivity index (χ4n) is 12.8. The maximum atomic E-state index is 13.5. The van der Waals surface area contributed by atoms with Gasteiger partial charge >= 0.3 is 30.6 Å². The van der Waals surface area contributed by atoms with Gasteiger partial charge in [-0.15, -0.1) is 24.8 Å². The van der Waals surface area contributed by atoms with Crippen LogP contribution in [0.15, 0.2) is 97.1 Å². The van der Waals surface area contributed by atoms with Crippen LogP contribution in [0, 0.1) is 29.1 Å². The zero-order valence-electron chi connectivity index (χ0n) is 67.0. The number of nitrogen functional groups attached to an aromatic ring is 1. The lowest BCUT2D eigenvalue weighted by atomic mass is 10.0. The van der Waals surface area contributed by atoms with Crippen LogP contribution in [0.3, 0.4) is 0 Å². The Morgan fingerprint density at radius 1 is 0.425 bits per heavy atom. The van der Waals surface area contributed by atoms with Crippen molar-refractivity contribution in [2.45, 2.75) is 204 Å². The number of amides is 3. The normalized spacial score (nSPS) is 14.3. The third kappa shape index (κ3) is 27.6. The van der Waals surface area contributed by atoms with Gasteiger partial charge in [0.05, 0.1) is 19.6 Å². The second-order valence-corrected chi connectivity index (χ2v) is 32.2. The van der Waals surface area contributed by atoms with Crippen LogP contribution in [-0.2, 0) is 99.2 Å². The van der Waals surface area contributed by atoms with Crippen LogP contribution in [0.25, 0.3) is 43.6 Å². The van der Waals surface area contributed by atoms with Gasteiger partial charge in [-0.25, -0.2) is 45.9 Å². The summed E-state index contributed by atoms with van der Waals surface area (Å²) in [5.41, 5.74) is 13.6. The third-order valence-electron chi connectivity index (χ3n) is 17.5. The molecule has 0 radical (unpaired) electrons. The number of aromatic amines is 2. The summed E-state index contributed by atoms with van der Waals surface area (Å²) in [6.45, 7) is 33.3. The van der Waals surface area contributed by atoms with Crippen molar-refractivity contribution in [3.8, 4) is 0 Å². The van der Waals surface area contributed by atoms with Crippen molar-refractivity contribution in [1.29, 1.82) is 0 Å². The number of benzene rings is 5. The Bertz CT molecular complexity index is 4730. The highest BCUT2D eigenvalue weighted by molar-refractivity contribution is 5.89. The molecule has 0 aliphatic carbocycles. The lowest BCUT2D eigenvalue weighted by molar-refractivity contribution is -0.122. The maximum Gasteiger partial charge on any atom is 0.519 e. The van der Waals surface area contributed by atoms with Crippen LogP contribution < -0.4 is 21.9 Å². The Balaban J connectivity index is 0.000000238. The molecule has 620 valence electrons. The van der Waals surface area contributed by atoms with E-state index in [-0.39, 0.29) is 91.9 Å². The van der Waals surface area contributed by atoms with E-state index < -0.39 is 40.3 Å². The standard InChI is InChI=1S/C17H21FN2O2.C16H19FN2O2.C12H13FN2.C11H11FN2.C10H17NO3.C10H18O5.C6H7FN2.CH4.2ClH/c1-17(2,3)22-16(21)20-8-7-12-13-9-11(18)5-6-14(13)19(4)15(12)10-20;1-16(2,3)21-15(20)19-7-6-11-12-8-10(17)4-5-13(12)18-14(11)9-19;1-15-11-3-2-8(13)6-10(11)9-4-5-14-7-12(9)15;12-7-1-2-10-9(5-7)8-3-4-13-6-11(8)14-10;1-10(2,3)14-9(13)11-6-4-5-8(12)7-11;1-9(2,3)14-7(11)13-8(12)15-10(4,5)6;7-5-1-3-6(9-8)4-2-5;;;/h5-6,9H,7-8,10H2,1-4H3;4-5,8,18H,6-7,9H2,1-3H3;2-3,6,14H,4-5,7H2,1H3;1-2,5,13-14H,3-4,6H2;4-7H2,1-3H3;1-6H3;1-4,9H,8H2;1H4;2*1H. The topological polar surface area (TPSA) is 271 Å². The summed E-state index contributed by atoms with van der Waals surface area (Å²) < 4.78 is 99.3. The molecule has 5 aliphatic rings. The molecular weight excluding hydrogens is 1510 g/mol. The van der Waals surface area contributed by atoms with Crippen molar-refractivity contribution < 1.29 is 79.1 Å². The van der Waals surface area contributed by atoms with E-state index >= 15 is 0 Å². The third-order valence-corrected chi connectivity index (χ3v) is 17.5. The zero-order valence-corrected chi connectivity index (χ0v) is 68.6. The highest BCUT2D eigenvalue weighted by atomic mass is 35.5. The molecule has 9 heterocycles. The maximum absolute atomic E-state index is 13.5. The molecule has 0 unspecified atom stereocenters. The number of ether oxygens (including phenoxy) is 6. The molecular formula is C83H112Cl2F5N11O12. The minimum absolute atomic E-state index is 0. The molecule has 1 saturated heterocycles. The van der Waals surface area contributed by atoms with E-state index in [0.29, 0.717) is 51.3 Å². The van der Waals surface area contributed by atoms with Crippen molar-refractivity contribution >= 4 is 110 Å². The largest absolute Gasteiger partial charge is 0.519 e. The first-order chi connectivity index (χ1) is 51.4. The molecule has 7 N–H and O–H groups in total. The highest BCUT2D eigenvalue weighted by Crippen LogP contribution is 2.34. The Hall–Kier alpha value is -9.61. The molecule has 0 spiro atoms. The number of nitrogens with zero attached hydrogens (tertiary/aromatic N) is 5. The first kappa shape index (κ1) is 94.0. The molecule has 0 atom stereocenters. The van der Waals surface area contributed by atoms with Crippen molar-refractivity contribution in [2.24, 2.45) is 19.9 Å². The SMILES string of the molecule is C.CC(C)(C)OC(=O)N1CCCC(=O)C1.CC(C)(C)OC(=O)N1CCc2c([nH]c3ccc(F)cc23)C1.CC(C)(C)OC(=O)OC(=O)OC(C)(C)C.Cl.Cl.Cn1c2c(c3cc(F)ccc31)CCN(C(=O)OC(C)(C)C)C2.Cn1c2c(c3cc(F)ccc31)CCNC2.Fc1ccc2[nH]c3c(c2c1)CCNC3.NNc1ccc(F)cc1. The van der Waals surface area contributed by atoms with E-state index in [0.717, 1.165) is 118 Å². The average molecular weight is 1620 g/mol. The predicted molar refractivity (Wildman–Crippen MR) is 435 cm³/mol. The number of ketones is 1. The second kappa shape index (κ2) is 39.9. The van der Waals surface area contributed by atoms with E-state index in [1.54, 1.807) is 99.9 Å². The van der Waals surface area contributed by atoms with Crippen LogP contribution >= 0.6 is 24.8 Å². The number of carbonyl (C=O) groups is 6. The van der Waals surface area contributed by atoms with E-state index in [9.17, 15) is 50.7 Å². The number of halogens is 7. The average Bonchev–Trinajstić information content (AvgIpc) is 1.63. The summed E-state index contributed by atoms with van der Waals surface area (Å²) in [6, 6.07) is 25.4. The molecule has 113 heavy (non-hydrogen) atoms. The summed E-state index contributed by atoms with van der Waals surface area (Å²) in [5, 5.41) is 10.6. The van der Waals surface area contributed by atoms with Gasteiger partial charge in [-0.05, 0) is 268 Å². The lowest BCUT2D eigenvalue weighted by Crippen LogP contribution is -2.43. The Morgan fingerprint density at radius 3 is 1.25 bits per heavy atom. The summed E-state index contributed by atoms with van der Waals surface area (Å²) in [6.07, 6.45) is 1.63. The minimum Gasteiger partial charge on any atom is -0.444 e. The van der Waals surface area contributed by atoms with Crippen LogP contribution in [0.4, 0.5) is 51.6 Å². The van der Waals surface area contributed by atoms with Gasteiger partial charge in [0.25, 0.3) is 0 Å². The molecule has 14 rings (SSSR count). The number of Topliss-reactive ketones (excluding diaryl/α,β-unsaturated/α-hetero) is 1. The molecule has 5 aliphatic heterocycles. The van der Waals surface area contributed by atoms with Gasteiger partial charge in [0.1, 0.15) is 57.1 Å². The number of aryl methyl sites for hydroxylation is 2. The van der Waals surface area contributed by atoms with Crippen molar-refractivity contribution in [3.05, 3.63) is 171 Å². The molecule has 3 amide bonds. The molecule has 30 heteroatoms. The number of fused-ring (bicyclic) bond motifs is 12. The number of H-pyrrole nitrogens is 2. The van der Waals surface area contributed by atoms with E-state index in [2.05, 4.69) is 35.3 Å². The number of nitrogens with one attached hydrogen (secondary N) is 5. The summed E-state index contributed by atoms with van der Waals surface area (Å²) in [4.78, 5) is 80.4. The number of nitrogens with two attached hydrogens (primary N) is 1. The summed E-state index contributed by atoms with van der Waals surface area (Å²) in [7, 11) is 4.00. The Labute approximate surface area is 670 Å². The fraction of sp³-hybridized carbons (Fsp3) is 0.470. The number of hydrazine groups is 1. The van der Waals surface area contributed by atoms with Gasteiger partial charge in [-0.1, -0.05) is 7.43 Å². The zero-order chi connectivity index (χ0) is 81.0. The quantitative estimate of drug-likeness (QED) is 0.0223. The van der Waals surface area contributed by atoms with Crippen molar-refractivity contribution in [2.75, 3.05) is 44.7 Å². The number of carbonyl (C=O) groups excluding carboxylic acids is 6. The van der Waals surface area contributed by atoms with Crippen LogP contribution in [0.1, 0.15) is 169 Å². The number of anilines is 1. The van der Waals surface area contributed by atoms with E-state index in [1.807, 2.05) is 93.1 Å². The molecule has 5 aromatic carbocycles. The molecule has 0 bridgehead atoms. The number of rotatable bonds is 1. The first-order valence-electron chi connectivity index (χ1n) is 36.7. The Kier molecular flexibility index (Phi) is 33.2. The van der Waals surface area contributed by atoms with Crippen LogP contribution in [-0.4, -0.2) is 137 Å². The molecule has 4 aromatic heterocycles. The van der Waals surface area contributed by atoms with Crippen molar-refractivity contribution in [1.82, 2.24) is 44.4 Å².